The largest absolute Gasteiger partial charge is 0.456 e. The average Bonchev–Trinajstić information content (AvgIpc) is 3.86. The van der Waals surface area contributed by atoms with Gasteiger partial charge in [-0.25, -0.2) is 9.97 Å². The summed E-state index contributed by atoms with van der Waals surface area (Å²) in [6.07, 6.45) is 0. The van der Waals surface area contributed by atoms with E-state index in [4.69, 9.17) is 14.7 Å². The van der Waals surface area contributed by atoms with Crippen LogP contribution in [0.15, 0.2) is 212 Å². The third-order valence-electron chi connectivity index (χ3n) is 12.9. The first-order valence-corrected chi connectivity index (χ1v) is 20.8. The minimum absolute atomic E-state index is 0.572. The second-order valence-corrected chi connectivity index (χ2v) is 16.0. The smallest absolute Gasteiger partial charge is 0.145 e. The van der Waals surface area contributed by atoms with Gasteiger partial charge in [-0.3, -0.25) is 4.57 Å². The van der Waals surface area contributed by atoms with Gasteiger partial charge in [-0.1, -0.05) is 170 Å². The lowest BCUT2D eigenvalue weighted by molar-refractivity contribution is 0.442. The lowest BCUT2D eigenvalue weighted by Crippen LogP contribution is -2.32. The lowest BCUT2D eigenvalue weighted by Gasteiger charge is -2.40. The molecular formula is C57H35N3O. The highest BCUT2D eigenvalue weighted by molar-refractivity contribution is 6.16. The zero-order valence-corrected chi connectivity index (χ0v) is 33.0. The molecule has 61 heavy (non-hydrogen) atoms. The van der Waals surface area contributed by atoms with Crippen LogP contribution in [0.3, 0.4) is 0 Å². The van der Waals surface area contributed by atoms with Crippen LogP contribution in [0.25, 0.3) is 83.3 Å². The number of imidazole rings is 1. The van der Waals surface area contributed by atoms with E-state index in [9.17, 15) is 0 Å². The zero-order chi connectivity index (χ0) is 40.1. The quantitative estimate of drug-likeness (QED) is 0.167. The van der Waals surface area contributed by atoms with E-state index in [-0.39, 0.29) is 0 Å². The minimum Gasteiger partial charge on any atom is -0.456 e. The number of fused-ring (bicyclic) bond motifs is 14. The van der Waals surface area contributed by atoms with Gasteiger partial charge in [0.25, 0.3) is 0 Å². The van der Waals surface area contributed by atoms with E-state index in [0.717, 1.165) is 94.8 Å². The molecule has 284 valence electrons. The summed E-state index contributed by atoms with van der Waals surface area (Å²) in [6.45, 7) is 0. The molecule has 1 aliphatic carbocycles. The molecule has 0 saturated heterocycles. The van der Waals surface area contributed by atoms with Crippen molar-refractivity contribution in [1.82, 2.24) is 14.5 Å². The van der Waals surface area contributed by atoms with Crippen molar-refractivity contribution in [3.63, 3.8) is 0 Å². The number of nitrogens with zero attached hydrogens (tertiary/aromatic N) is 3. The van der Waals surface area contributed by atoms with Gasteiger partial charge >= 0.3 is 0 Å². The van der Waals surface area contributed by atoms with Crippen molar-refractivity contribution in [2.75, 3.05) is 0 Å². The summed E-state index contributed by atoms with van der Waals surface area (Å²) in [5, 5.41) is 3.17. The van der Waals surface area contributed by atoms with Crippen molar-refractivity contribution in [2.24, 2.45) is 0 Å². The van der Waals surface area contributed by atoms with Crippen molar-refractivity contribution < 1.29 is 4.74 Å². The highest BCUT2D eigenvalue weighted by Gasteiger charge is 2.51. The van der Waals surface area contributed by atoms with Crippen molar-refractivity contribution in [3.05, 3.63) is 235 Å². The molecule has 4 nitrogen and oxygen atoms in total. The second kappa shape index (κ2) is 13.0. The summed E-state index contributed by atoms with van der Waals surface area (Å²) in [5.41, 5.74) is 16.1. The molecule has 2 aliphatic rings. The summed E-state index contributed by atoms with van der Waals surface area (Å²) < 4.78 is 9.50. The fourth-order valence-electron chi connectivity index (χ4n) is 10.3. The van der Waals surface area contributed by atoms with E-state index in [1.165, 1.54) is 22.3 Å². The van der Waals surface area contributed by atoms with Crippen LogP contribution in [0.4, 0.5) is 0 Å². The Balaban J connectivity index is 1.05. The van der Waals surface area contributed by atoms with E-state index >= 15 is 0 Å². The summed E-state index contributed by atoms with van der Waals surface area (Å²) >= 11 is 0. The number of hydrogen-bond donors (Lipinski definition) is 0. The maximum Gasteiger partial charge on any atom is 0.145 e. The van der Waals surface area contributed by atoms with E-state index in [0.29, 0.717) is 0 Å². The highest BCUT2D eigenvalue weighted by Crippen LogP contribution is 2.63. The van der Waals surface area contributed by atoms with Gasteiger partial charge < -0.3 is 4.74 Å². The summed E-state index contributed by atoms with van der Waals surface area (Å²) in [7, 11) is 0. The number of pyridine rings is 1. The fraction of sp³-hybridized carbons (Fsp3) is 0.0175. The van der Waals surface area contributed by atoms with Crippen LogP contribution in [0, 0.1) is 0 Å². The second-order valence-electron chi connectivity index (χ2n) is 16.0. The van der Waals surface area contributed by atoms with Gasteiger partial charge in [0.2, 0.25) is 0 Å². The Morgan fingerprint density at radius 3 is 1.80 bits per heavy atom. The summed E-state index contributed by atoms with van der Waals surface area (Å²) in [5.74, 6) is 2.65. The number of hydrogen-bond acceptors (Lipinski definition) is 3. The molecule has 13 rings (SSSR count). The van der Waals surface area contributed by atoms with Gasteiger partial charge in [0.05, 0.1) is 27.7 Å². The van der Waals surface area contributed by atoms with Crippen LogP contribution in [0.2, 0.25) is 0 Å². The Morgan fingerprint density at radius 1 is 0.410 bits per heavy atom. The number of aromatic nitrogens is 3. The molecule has 0 atom stereocenters. The van der Waals surface area contributed by atoms with E-state index in [1.54, 1.807) is 0 Å². The van der Waals surface area contributed by atoms with E-state index in [2.05, 4.69) is 205 Å². The van der Waals surface area contributed by atoms with Crippen LogP contribution in [-0.2, 0) is 5.41 Å². The lowest BCUT2D eigenvalue weighted by atomic mass is 9.65. The van der Waals surface area contributed by atoms with E-state index < -0.39 is 5.41 Å². The Bertz CT molecular complexity index is 3510. The molecule has 0 fully saturated rings. The molecule has 1 aliphatic heterocycles. The monoisotopic (exact) mass is 777 g/mol. The summed E-state index contributed by atoms with van der Waals surface area (Å²) in [6, 6.07) is 75.8. The average molecular weight is 778 g/mol. The first-order chi connectivity index (χ1) is 30.3. The zero-order valence-electron chi connectivity index (χ0n) is 33.0. The Kier molecular flexibility index (Phi) is 7.19. The normalized spacial score (nSPS) is 13.2. The number of para-hydroxylation sites is 4. The molecule has 2 aromatic heterocycles. The first kappa shape index (κ1) is 33.8. The standard InChI is InChI=1S/C57H35N3O/c1-3-15-37(16-4-1)54-43-32-33-48-55(61-52-26-14-11-23-47(52)57(48)45-21-9-7-19-41(45)42-20-8-10-22-46(42)57)53(43)44-35-39(31-34-49(44)58-54)36-27-29-38(30-28-36)56-59-50-24-12-13-25-51(50)60(56)40-17-5-2-6-18-40/h1-35H. The predicted octanol–water partition coefficient (Wildman–Crippen LogP) is 14.2. The van der Waals surface area contributed by atoms with Crippen LogP contribution in [0.5, 0.6) is 11.5 Å². The third-order valence-corrected chi connectivity index (χ3v) is 12.9. The summed E-state index contributed by atoms with van der Waals surface area (Å²) in [4.78, 5) is 10.5. The van der Waals surface area contributed by atoms with Crippen molar-refractivity contribution in [2.45, 2.75) is 5.41 Å². The van der Waals surface area contributed by atoms with Gasteiger partial charge in [0.15, 0.2) is 0 Å². The van der Waals surface area contributed by atoms with Crippen LogP contribution in [-0.4, -0.2) is 14.5 Å². The van der Waals surface area contributed by atoms with E-state index in [1.807, 2.05) is 12.1 Å². The molecule has 0 N–H and O–H groups in total. The predicted molar refractivity (Wildman–Crippen MR) is 248 cm³/mol. The maximum absolute atomic E-state index is 7.25. The molecule has 11 aromatic rings. The SMILES string of the molecule is c1ccc(-c2nc3ccc(-c4ccc(-c5nc6ccccc6n5-c5ccccc5)cc4)cc3c3c4c(ccc23)C2(c3ccccc3O4)c3ccccc3-c3ccccc32)cc1. The molecule has 9 aromatic carbocycles. The first-order valence-electron chi connectivity index (χ1n) is 20.8. The van der Waals surface area contributed by atoms with Crippen LogP contribution in [0.1, 0.15) is 22.3 Å². The van der Waals surface area contributed by atoms with Gasteiger partial charge in [-0.2, -0.15) is 0 Å². The van der Waals surface area contributed by atoms with Crippen molar-refractivity contribution in [1.29, 1.82) is 0 Å². The van der Waals surface area contributed by atoms with Crippen LogP contribution < -0.4 is 4.74 Å². The highest BCUT2D eigenvalue weighted by atomic mass is 16.5. The van der Waals surface area contributed by atoms with Crippen LogP contribution >= 0.6 is 0 Å². The molecule has 0 saturated carbocycles. The molecular weight excluding hydrogens is 743 g/mol. The molecule has 0 bridgehead atoms. The Hall–Kier alpha value is -8.08. The topological polar surface area (TPSA) is 39.9 Å². The molecule has 4 heteroatoms. The van der Waals surface area contributed by atoms with Gasteiger partial charge in [-0.05, 0) is 75.8 Å². The number of benzene rings is 9. The maximum atomic E-state index is 7.25. The number of rotatable bonds is 4. The minimum atomic E-state index is -0.572. The molecule has 0 amide bonds. The van der Waals surface area contributed by atoms with Gasteiger partial charge in [-0.15, -0.1) is 0 Å². The Morgan fingerprint density at radius 2 is 1.03 bits per heavy atom. The Labute approximate surface area is 352 Å². The molecule has 0 unspecified atom stereocenters. The number of ether oxygens (including phenoxy) is 1. The molecule has 0 radical (unpaired) electrons. The fourth-order valence-corrected chi connectivity index (χ4v) is 10.3. The van der Waals surface area contributed by atoms with Gasteiger partial charge in [0, 0.05) is 44.1 Å². The van der Waals surface area contributed by atoms with Crippen molar-refractivity contribution >= 4 is 32.7 Å². The molecule has 3 heterocycles. The van der Waals surface area contributed by atoms with Crippen molar-refractivity contribution in [3.8, 4) is 62.1 Å². The molecule has 1 spiro atoms. The third kappa shape index (κ3) is 4.82. The van der Waals surface area contributed by atoms with Gasteiger partial charge in [0.1, 0.15) is 17.3 Å².